The molecule has 5 nitrogen and oxygen atoms in total. The van der Waals surface area contributed by atoms with Crippen molar-refractivity contribution >= 4 is 20.0 Å². The van der Waals surface area contributed by atoms with Crippen molar-refractivity contribution in [1.82, 2.24) is 0 Å². The minimum absolute atomic E-state index is 0.201. The van der Waals surface area contributed by atoms with E-state index in [9.17, 15) is 16.8 Å². The monoisotopic (exact) mass is 332 g/mol. The van der Waals surface area contributed by atoms with Gasteiger partial charge in [0, 0.05) is 0 Å². The topological polar surface area (TPSA) is 77.5 Å². The molecule has 1 aromatic rings. The number of hydrogen-bond donors (Lipinski definition) is 0. The van der Waals surface area contributed by atoms with Gasteiger partial charge in [-0.15, -0.1) is 0 Å². The van der Waals surface area contributed by atoms with Gasteiger partial charge in [0.05, 0.1) is 16.9 Å². The van der Waals surface area contributed by atoms with E-state index in [-0.39, 0.29) is 10.6 Å². The molecule has 0 saturated heterocycles. The van der Waals surface area contributed by atoms with Crippen LogP contribution in [-0.2, 0) is 24.1 Å². The Bertz CT molecular complexity index is 671. The van der Waals surface area contributed by atoms with E-state index >= 15 is 0 Å². The summed E-state index contributed by atoms with van der Waals surface area (Å²) in [6.07, 6.45) is 4.40. The van der Waals surface area contributed by atoms with E-state index in [1.165, 1.54) is 12.1 Å². The molecule has 0 aromatic heterocycles. The molecule has 0 spiro atoms. The van der Waals surface area contributed by atoms with Gasteiger partial charge in [-0.1, -0.05) is 37.5 Å². The maximum absolute atomic E-state index is 12.5. The number of sulfone groups is 1. The molecule has 0 amide bonds. The van der Waals surface area contributed by atoms with Crippen LogP contribution in [0.2, 0.25) is 0 Å². The molecule has 118 valence electrons. The Hall–Kier alpha value is -0.920. The maximum Gasteiger partial charge on any atom is 0.264 e. The highest BCUT2D eigenvalue weighted by atomic mass is 32.2. The molecule has 1 aliphatic rings. The summed E-state index contributed by atoms with van der Waals surface area (Å²) in [5.74, 6) is -0.295. The Morgan fingerprint density at radius 3 is 2.10 bits per heavy atom. The van der Waals surface area contributed by atoms with E-state index in [1.54, 1.807) is 18.2 Å². The third-order valence-electron chi connectivity index (χ3n) is 3.65. The van der Waals surface area contributed by atoms with Crippen LogP contribution in [0.15, 0.2) is 35.2 Å². The summed E-state index contributed by atoms with van der Waals surface area (Å²) in [7, 11) is -7.28. The second-order valence-corrected chi connectivity index (χ2v) is 9.17. The summed E-state index contributed by atoms with van der Waals surface area (Å²) in [6, 6.07) is 8.08. The van der Waals surface area contributed by atoms with Crippen LogP contribution in [0.4, 0.5) is 0 Å². The third-order valence-corrected chi connectivity index (χ3v) is 6.20. The van der Waals surface area contributed by atoms with E-state index in [2.05, 4.69) is 0 Å². The molecule has 0 unspecified atom stereocenters. The first-order valence-corrected chi connectivity index (χ1v) is 10.4. The lowest BCUT2D eigenvalue weighted by atomic mass is 9.86. The van der Waals surface area contributed by atoms with Gasteiger partial charge < -0.3 is 0 Å². The van der Waals surface area contributed by atoms with Gasteiger partial charge in [0.2, 0.25) is 0 Å². The van der Waals surface area contributed by atoms with Crippen molar-refractivity contribution in [3.05, 3.63) is 30.3 Å². The largest absolute Gasteiger partial charge is 0.264 e. The smallest absolute Gasteiger partial charge is 0.263 e. The summed E-state index contributed by atoms with van der Waals surface area (Å²) in [6.45, 7) is 0. The fourth-order valence-corrected chi connectivity index (χ4v) is 5.55. The highest BCUT2D eigenvalue weighted by Gasteiger charge is 2.41. The van der Waals surface area contributed by atoms with Crippen LogP contribution in [0.3, 0.4) is 0 Å². The predicted octanol–water partition coefficient (Wildman–Crippen LogP) is 2.14. The van der Waals surface area contributed by atoms with E-state index in [0.717, 1.165) is 25.5 Å². The average Bonchev–Trinajstić information content (AvgIpc) is 2.38. The van der Waals surface area contributed by atoms with Crippen molar-refractivity contribution in [1.29, 1.82) is 0 Å². The van der Waals surface area contributed by atoms with Crippen molar-refractivity contribution in [3.8, 4) is 0 Å². The van der Waals surface area contributed by atoms with Gasteiger partial charge in [0.15, 0.2) is 9.84 Å². The van der Waals surface area contributed by atoms with Gasteiger partial charge in [-0.25, -0.2) is 8.42 Å². The van der Waals surface area contributed by atoms with E-state index in [1.807, 2.05) is 0 Å². The minimum Gasteiger partial charge on any atom is -0.263 e. The van der Waals surface area contributed by atoms with Gasteiger partial charge in [-0.2, -0.15) is 8.42 Å². The molecule has 1 fully saturated rings. The Morgan fingerprint density at radius 2 is 1.57 bits per heavy atom. The van der Waals surface area contributed by atoms with Crippen LogP contribution in [0, 0.1) is 0 Å². The van der Waals surface area contributed by atoms with Crippen molar-refractivity contribution in [2.45, 2.75) is 42.6 Å². The molecule has 0 bridgehead atoms. The lowest BCUT2D eigenvalue weighted by molar-refractivity contribution is 0.0601. The second-order valence-electron chi connectivity index (χ2n) is 5.60. The first kappa shape index (κ1) is 16.5. The van der Waals surface area contributed by atoms with Crippen LogP contribution >= 0.6 is 0 Å². The molecule has 0 heterocycles. The molecule has 7 heteroatoms. The highest BCUT2D eigenvalue weighted by Crippen LogP contribution is 2.35. The Kier molecular flexibility index (Phi) is 4.75. The van der Waals surface area contributed by atoms with Crippen LogP contribution in [0.5, 0.6) is 0 Å². The molecule has 2 rings (SSSR count). The Morgan fingerprint density at radius 1 is 1.00 bits per heavy atom. The van der Waals surface area contributed by atoms with Crippen molar-refractivity contribution in [2.75, 3.05) is 12.0 Å². The van der Waals surface area contributed by atoms with Gasteiger partial charge in [0.1, 0.15) is 5.60 Å². The quantitative estimate of drug-likeness (QED) is 0.772. The highest BCUT2D eigenvalue weighted by molar-refractivity contribution is 7.91. The fraction of sp³-hybridized carbons (Fsp3) is 0.571. The molecule has 0 N–H and O–H groups in total. The SMILES string of the molecule is CS(=O)(=O)OC1(CS(=O)(=O)c2ccccc2)CCCCC1. The van der Waals surface area contributed by atoms with Crippen LogP contribution in [-0.4, -0.2) is 34.4 Å². The Labute approximate surface area is 126 Å². The summed E-state index contributed by atoms with van der Waals surface area (Å²) < 4.78 is 53.3. The van der Waals surface area contributed by atoms with E-state index in [4.69, 9.17) is 4.18 Å². The molecule has 1 saturated carbocycles. The molecular formula is C14H20O5S2. The zero-order valence-corrected chi connectivity index (χ0v) is 13.6. The first-order chi connectivity index (χ1) is 9.73. The lowest BCUT2D eigenvalue weighted by Crippen LogP contribution is -2.43. The van der Waals surface area contributed by atoms with Crippen molar-refractivity contribution in [2.24, 2.45) is 0 Å². The standard InChI is InChI=1S/C14H20O5S2/c1-20(15,16)19-14(10-6-3-7-11-14)12-21(17,18)13-8-4-2-5-9-13/h2,4-5,8-9H,3,6-7,10-12H2,1H3. The second kappa shape index (κ2) is 6.06. The van der Waals surface area contributed by atoms with E-state index in [0.29, 0.717) is 12.8 Å². The molecule has 21 heavy (non-hydrogen) atoms. The third kappa shape index (κ3) is 4.52. The number of rotatable bonds is 5. The normalized spacial score (nSPS) is 19.3. The molecule has 0 radical (unpaired) electrons. The summed E-state index contributed by atoms with van der Waals surface area (Å²) in [5.41, 5.74) is -1.12. The van der Waals surface area contributed by atoms with Crippen LogP contribution in [0.1, 0.15) is 32.1 Å². The summed E-state index contributed by atoms with van der Waals surface area (Å²) in [5, 5.41) is 0. The Balaban J connectivity index is 2.31. The number of benzene rings is 1. The summed E-state index contributed by atoms with van der Waals surface area (Å²) >= 11 is 0. The van der Waals surface area contributed by atoms with Crippen molar-refractivity contribution in [3.63, 3.8) is 0 Å². The first-order valence-electron chi connectivity index (χ1n) is 6.91. The average molecular weight is 332 g/mol. The number of hydrogen-bond acceptors (Lipinski definition) is 5. The fourth-order valence-electron chi connectivity index (χ4n) is 2.83. The summed E-state index contributed by atoms with van der Waals surface area (Å²) in [4.78, 5) is 0.201. The van der Waals surface area contributed by atoms with Crippen LogP contribution in [0.25, 0.3) is 0 Å². The van der Waals surface area contributed by atoms with Gasteiger partial charge in [0.25, 0.3) is 10.1 Å². The molecular weight excluding hydrogens is 312 g/mol. The molecule has 1 aliphatic carbocycles. The van der Waals surface area contributed by atoms with Gasteiger partial charge in [-0.3, -0.25) is 4.18 Å². The lowest BCUT2D eigenvalue weighted by Gasteiger charge is -2.35. The molecule has 1 aromatic carbocycles. The van der Waals surface area contributed by atoms with Gasteiger partial charge in [-0.05, 0) is 25.0 Å². The predicted molar refractivity (Wildman–Crippen MR) is 80.2 cm³/mol. The van der Waals surface area contributed by atoms with Crippen molar-refractivity contribution < 1.29 is 21.0 Å². The minimum atomic E-state index is -3.70. The van der Waals surface area contributed by atoms with Crippen LogP contribution < -0.4 is 0 Å². The van der Waals surface area contributed by atoms with E-state index < -0.39 is 25.6 Å². The molecule has 0 atom stereocenters. The van der Waals surface area contributed by atoms with Gasteiger partial charge >= 0.3 is 0 Å². The zero-order chi connectivity index (χ0) is 15.6. The zero-order valence-electron chi connectivity index (χ0n) is 12.0. The molecule has 0 aliphatic heterocycles. The maximum atomic E-state index is 12.5.